The van der Waals surface area contributed by atoms with Crippen LogP contribution in [0.1, 0.15) is 10.4 Å². The van der Waals surface area contributed by atoms with E-state index in [4.69, 9.17) is 16.2 Å². The number of rotatable bonds is 4. The molecule has 0 unspecified atom stereocenters. The average molecular weight is 527 g/mol. The predicted octanol–water partition coefficient (Wildman–Crippen LogP) is 3.85. The van der Waals surface area contributed by atoms with Crippen LogP contribution in [0, 0.1) is 3.57 Å². The third-order valence-electron chi connectivity index (χ3n) is 2.72. The van der Waals surface area contributed by atoms with E-state index in [1.807, 2.05) is 0 Å². The van der Waals surface area contributed by atoms with Gasteiger partial charge in [-0.25, -0.2) is 4.79 Å². The summed E-state index contributed by atoms with van der Waals surface area (Å²) in [6, 6.07) is 3.17. The van der Waals surface area contributed by atoms with Crippen molar-refractivity contribution in [2.75, 3.05) is 5.75 Å². The van der Waals surface area contributed by atoms with Gasteiger partial charge < -0.3 is 4.74 Å². The van der Waals surface area contributed by atoms with Gasteiger partial charge in [-0.15, -0.1) is 0 Å². The molecule has 142 valence electrons. The molecule has 1 rings (SSSR count). The first-order valence-corrected chi connectivity index (χ1v) is 8.84. The lowest BCUT2D eigenvalue weighted by Crippen LogP contribution is -2.63. The summed E-state index contributed by atoms with van der Waals surface area (Å²) in [5.41, 5.74) is -6.32. The monoisotopic (exact) mass is 526 g/mol. The van der Waals surface area contributed by atoms with E-state index < -0.39 is 50.4 Å². The molecule has 0 fully saturated rings. The van der Waals surface area contributed by atoms with Crippen LogP contribution in [0.4, 0.5) is 26.3 Å². The summed E-state index contributed by atoms with van der Waals surface area (Å²) in [7, 11) is -5.85. The zero-order valence-corrected chi connectivity index (χ0v) is 15.2. The summed E-state index contributed by atoms with van der Waals surface area (Å²) in [6.45, 7) is 0. The number of benzene rings is 1. The molecule has 1 aromatic carbocycles. The number of alkyl halides is 6. The second-order valence-corrected chi connectivity index (χ2v) is 7.67. The Bertz CT molecular complexity index is 762. The van der Waals surface area contributed by atoms with Crippen LogP contribution in [0.5, 0.6) is 0 Å². The van der Waals surface area contributed by atoms with Crippen molar-refractivity contribution in [2.45, 2.75) is 18.0 Å². The molecule has 0 bridgehead atoms. The first-order valence-electron chi connectivity index (χ1n) is 5.77. The molecular formula is C11H6ClF6IO5S. The van der Waals surface area contributed by atoms with Gasteiger partial charge in [-0.3, -0.25) is 4.55 Å². The van der Waals surface area contributed by atoms with Crippen LogP contribution in [0.3, 0.4) is 0 Å². The largest absolute Gasteiger partial charge is 0.438 e. The Kier molecular flexibility index (Phi) is 6.29. The van der Waals surface area contributed by atoms with Crippen molar-refractivity contribution in [1.29, 1.82) is 0 Å². The normalized spacial score (nSPS) is 13.6. The van der Waals surface area contributed by atoms with Crippen molar-refractivity contribution in [3.63, 3.8) is 0 Å². The minimum atomic E-state index is -6.40. The minimum Gasteiger partial charge on any atom is -0.435 e. The van der Waals surface area contributed by atoms with Crippen molar-refractivity contribution in [2.24, 2.45) is 0 Å². The molecule has 14 heteroatoms. The third-order valence-corrected chi connectivity index (χ3v) is 4.49. The highest BCUT2D eigenvalue weighted by atomic mass is 127. The van der Waals surface area contributed by atoms with E-state index in [1.165, 1.54) is 6.07 Å². The summed E-state index contributed by atoms with van der Waals surface area (Å²) in [4.78, 5) is 11.8. The van der Waals surface area contributed by atoms with E-state index in [9.17, 15) is 39.6 Å². The van der Waals surface area contributed by atoms with Crippen LogP contribution in [-0.2, 0) is 14.9 Å². The number of carbonyl (C=O) groups is 1. The van der Waals surface area contributed by atoms with Crippen molar-refractivity contribution in [1.82, 2.24) is 0 Å². The molecule has 0 amide bonds. The zero-order valence-electron chi connectivity index (χ0n) is 11.5. The molecule has 1 N–H and O–H groups in total. The Morgan fingerprint density at radius 2 is 1.64 bits per heavy atom. The van der Waals surface area contributed by atoms with Crippen LogP contribution in [0.2, 0.25) is 5.02 Å². The van der Waals surface area contributed by atoms with E-state index in [-0.39, 0.29) is 3.57 Å². The van der Waals surface area contributed by atoms with E-state index in [2.05, 4.69) is 4.74 Å². The Balaban J connectivity index is 3.53. The van der Waals surface area contributed by atoms with Crippen molar-refractivity contribution in [3.05, 3.63) is 32.4 Å². The summed E-state index contributed by atoms with van der Waals surface area (Å²) in [5, 5.41) is -0.518. The van der Waals surface area contributed by atoms with Gasteiger partial charge in [0.2, 0.25) is 0 Å². The SMILES string of the molecule is O=C(OC(CS(=O)(=O)O)(C(F)(F)F)C(F)(F)F)c1cc(I)ccc1Cl. The quantitative estimate of drug-likeness (QED) is 0.279. The van der Waals surface area contributed by atoms with Gasteiger partial charge in [0, 0.05) is 3.57 Å². The second kappa shape index (κ2) is 7.08. The lowest BCUT2D eigenvalue weighted by Gasteiger charge is -2.35. The molecule has 0 aliphatic carbocycles. The zero-order chi connectivity index (χ0) is 19.8. The third kappa shape index (κ3) is 5.10. The van der Waals surface area contributed by atoms with Crippen LogP contribution < -0.4 is 0 Å². The van der Waals surface area contributed by atoms with E-state index >= 15 is 0 Å². The Morgan fingerprint density at radius 3 is 2.04 bits per heavy atom. The summed E-state index contributed by atoms with van der Waals surface area (Å²) in [6.07, 6.45) is -12.8. The number of carbonyl (C=O) groups excluding carboxylic acids is 1. The molecule has 0 aromatic heterocycles. The van der Waals surface area contributed by atoms with E-state index in [1.54, 1.807) is 22.6 Å². The van der Waals surface area contributed by atoms with E-state index in [0.717, 1.165) is 12.1 Å². The van der Waals surface area contributed by atoms with Gasteiger partial charge in [-0.05, 0) is 40.8 Å². The number of halogens is 8. The van der Waals surface area contributed by atoms with Crippen LogP contribution in [-0.4, -0.2) is 42.6 Å². The average Bonchev–Trinajstić information content (AvgIpc) is 2.36. The molecule has 0 radical (unpaired) electrons. The molecular weight excluding hydrogens is 521 g/mol. The second-order valence-electron chi connectivity index (χ2n) is 4.56. The maximum Gasteiger partial charge on any atom is 0.438 e. The lowest BCUT2D eigenvalue weighted by atomic mass is 10.1. The fourth-order valence-electron chi connectivity index (χ4n) is 1.59. The first kappa shape index (κ1) is 22.2. The Labute approximate surface area is 155 Å². The number of hydrogen-bond donors (Lipinski definition) is 1. The smallest absolute Gasteiger partial charge is 0.435 e. The fraction of sp³-hybridized carbons (Fsp3) is 0.364. The molecule has 0 atom stereocenters. The summed E-state index contributed by atoms with van der Waals surface area (Å²) < 4.78 is 112. The lowest BCUT2D eigenvalue weighted by molar-refractivity contribution is -0.356. The molecule has 0 aliphatic heterocycles. The number of hydrogen-bond acceptors (Lipinski definition) is 4. The van der Waals surface area contributed by atoms with Crippen molar-refractivity contribution in [3.8, 4) is 0 Å². The van der Waals surface area contributed by atoms with Gasteiger partial charge in [0.1, 0.15) is 5.75 Å². The molecule has 25 heavy (non-hydrogen) atoms. The molecule has 0 saturated carbocycles. The fourth-order valence-corrected chi connectivity index (χ4v) is 3.18. The van der Waals surface area contributed by atoms with E-state index in [0.29, 0.717) is 0 Å². The number of ether oxygens (including phenoxy) is 1. The Hall–Kier alpha value is -0.800. The highest BCUT2D eigenvalue weighted by molar-refractivity contribution is 14.1. The predicted molar refractivity (Wildman–Crippen MR) is 80.8 cm³/mol. The van der Waals surface area contributed by atoms with Crippen molar-refractivity contribution < 1.29 is 48.8 Å². The van der Waals surface area contributed by atoms with Crippen molar-refractivity contribution >= 4 is 50.3 Å². The van der Waals surface area contributed by atoms with Gasteiger partial charge in [0.25, 0.3) is 10.1 Å². The first-order chi connectivity index (χ1) is 11.0. The number of esters is 1. The van der Waals surface area contributed by atoms with Gasteiger partial charge in [0.05, 0.1) is 10.6 Å². The molecule has 5 nitrogen and oxygen atoms in total. The topological polar surface area (TPSA) is 80.7 Å². The molecule has 0 heterocycles. The van der Waals surface area contributed by atoms with Gasteiger partial charge in [0.15, 0.2) is 0 Å². The van der Waals surface area contributed by atoms with Crippen LogP contribution >= 0.6 is 34.2 Å². The maximum absolute atomic E-state index is 13.1. The standard InChI is InChI=1S/C11H6ClF6IO5S/c12-7-2-1-5(19)3-6(7)8(20)24-9(10(13,14)15,11(16,17)18)4-25(21,22)23/h1-3H,4H2,(H,21,22,23). The minimum absolute atomic E-state index is 0.230. The molecule has 1 aromatic rings. The Morgan fingerprint density at radius 1 is 1.16 bits per heavy atom. The maximum atomic E-state index is 13.1. The van der Waals surface area contributed by atoms with Gasteiger partial charge in [-0.2, -0.15) is 34.8 Å². The highest BCUT2D eigenvalue weighted by Crippen LogP contribution is 2.47. The summed E-state index contributed by atoms with van der Waals surface area (Å²) >= 11 is 7.15. The van der Waals surface area contributed by atoms with Crippen LogP contribution in [0.15, 0.2) is 18.2 Å². The van der Waals surface area contributed by atoms with Gasteiger partial charge in [-0.1, -0.05) is 11.6 Å². The highest BCUT2D eigenvalue weighted by Gasteiger charge is 2.76. The molecule has 0 saturated heterocycles. The summed E-state index contributed by atoms with van der Waals surface area (Å²) in [5.74, 6) is -5.12. The molecule has 0 aliphatic rings. The van der Waals surface area contributed by atoms with Crippen LogP contribution in [0.25, 0.3) is 0 Å². The molecule has 0 spiro atoms. The van der Waals surface area contributed by atoms with Gasteiger partial charge >= 0.3 is 23.9 Å².